The van der Waals surface area contributed by atoms with Gasteiger partial charge in [0.25, 0.3) is 0 Å². The smallest absolute Gasteiger partial charge is 0.311 e. The fourth-order valence-electron chi connectivity index (χ4n) is 1.73. The van der Waals surface area contributed by atoms with Crippen molar-refractivity contribution < 1.29 is 14.3 Å². The molecule has 0 aliphatic carbocycles. The molecule has 0 spiro atoms. The molecule has 0 fully saturated rings. The van der Waals surface area contributed by atoms with E-state index in [1.165, 1.54) is 4.90 Å². The van der Waals surface area contributed by atoms with Crippen LogP contribution in [-0.2, 0) is 9.53 Å². The average molecular weight is 315 g/mol. The van der Waals surface area contributed by atoms with Crippen LogP contribution in [0.2, 0.25) is 0 Å². The molecule has 1 rings (SSSR count). The van der Waals surface area contributed by atoms with Gasteiger partial charge >= 0.3 is 6.02 Å². The van der Waals surface area contributed by atoms with E-state index in [4.69, 9.17) is 14.7 Å². The molecule has 1 aromatic carbocycles. The lowest BCUT2D eigenvalue weighted by molar-refractivity contribution is -0.126. The van der Waals surface area contributed by atoms with Gasteiger partial charge in [0.2, 0.25) is 6.19 Å². The molecule has 6 heteroatoms. The number of rotatable bonds is 7. The Morgan fingerprint density at radius 2 is 2.09 bits per heavy atom. The first-order valence-electron chi connectivity index (χ1n) is 7.29. The second-order valence-electron chi connectivity index (χ2n) is 4.83. The Bertz CT molecular complexity index is 587. The number of aliphatic imine (C=N–C) groups is 1. The molecule has 0 radical (unpaired) electrons. The number of allylic oxidation sites excluding steroid dienone is 1. The van der Waals surface area contributed by atoms with Crippen molar-refractivity contribution in [3.63, 3.8) is 0 Å². The number of nitriles is 1. The highest BCUT2D eigenvalue weighted by atomic mass is 16.5. The van der Waals surface area contributed by atoms with Gasteiger partial charge in [-0.15, -0.1) is 4.99 Å². The number of nitrogens with zero attached hydrogens (tertiary/aromatic N) is 3. The van der Waals surface area contributed by atoms with Gasteiger partial charge < -0.3 is 9.47 Å². The normalized spacial score (nSPS) is 12.0. The summed E-state index contributed by atoms with van der Waals surface area (Å²) >= 11 is 0. The maximum atomic E-state index is 11.4. The first kappa shape index (κ1) is 18.4. The van der Waals surface area contributed by atoms with Crippen LogP contribution in [0.25, 0.3) is 0 Å². The summed E-state index contributed by atoms with van der Waals surface area (Å²) in [6.07, 6.45) is 3.38. The third-order valence-electron chi connectivity index (χ3n) is 2.80. The zero-order valence-electron chi connectivity index (χ0n) is 13.6. The minimum absolute atomic E-state index is 0.0155. The largest absolute Gasteiger partial charge is 0.425 e. The molecule has 1 unspecified atom stereocenters. The molecule has 0 amide bonds. The summed E-state index contributed by atoms with van der Waals surface area (Å²) in [5.74, 6) is 0.518. The Kier molecular flexibility index (Phi) is 8.11. The topological polar surface area (TPSA) is 74.9 Å². The summed E-state index contributed by atoms with van der Waals surface area (Å²) in [7, 11) is 0. The quantitative estimate of drug-likeness (QED) is 0.193. The van der Waals surface area contributed by atoms with Gasteiger partial charge in [0, 0.05) is 13.2 Å². The number of hydrogen-bond donors (Lipinski definition) is 0. The van der Waals surface area contributed by atoms with Gasteiger partial charge in [-0.2, -0.15) is 5.26 Å². The summed E-state index contributed by atoms with van der Waals surface area (Å²) < 4.78 is 11.1. The van der Waals surface area contributed by atoms with Gasteiger partial charge in [0.1, 0.15) is 5.75 Å². The van der Waals surface area contributed by atoms with Crippen LogP contribution in [0.5, 0.6) is 5.75 Å². The monoisotopic (exact) mass is 315 g/mol. The van der Waals surface area contributed by atoms with Crippen LogP contribution in [-0.4, -0.2) is 36.6 Å². The molecule has 0 aromatic heterocycles. The minimum atomic E-state index is -0.883. The van der Waals surface area contributed by atoms with E-state index in [1.807, 2.05) is 26.0 Å². The predicted octanol–water partition coefficient (Wildman–Crippen LogP) is 2.73. The Morgan fingerprint density at radius 3 is 2.61 bits per heavy atom. The second-order valence-corrected chi connectivity index (χ2v) is 4.83. The van der Waals surface area contributed by atoms with Crippen molar-refractivity contribution in [3.8, 4) is 11.9 Å². The molecule has 0 saturated heterocycles. The van der Waals surface area contributed by atoms with Crippen molar-refractivity contribution in [3.05, 3.63) is 42.0 Å². The van der Waals surface area contributed by atoms with Gasteiger partial charge in [-0.05, 0) is 32.9 Å². The Morgan fingerprint density at radius 1 is 1.39 bits per heavy atom. The average Bonchev–Trinajstić information content (AvgIpc) is 2.54. The van der Waals surface area contributed by atoms with E-state index in [9.17, 15) is 4.79 Å². The van der Waals surface area contributed by atoms with Crippen LogP contribution in [0.1, 0.15) is 20.8 Å². The standard InChI is InChI=1S/C17H21N3O3/c1-4-22-16(12-21)20(11-10-14(2)3)17(19-13-18)23-15-8-6-5-7-9-15/h5-10,12,16H,4,11H2,1-3H3. The fraction of sp³-hybridized carbons (Fsp3) is 0.353. The van der Waals surface area contributed by atoms with E-state index in [0.29, 0.717) is 25.2 Å². The van der Waals surface area contributed by atoms with Crippen molar-refractivity contribution >= 4 is 12.3 Å². The molecule has 0 heterocycles. The molecule has 122 valence electrons. The van der Waals surface area contributed by atoms with E-state index in [0.717, 1.165) is 5.57 Å². The summed E-state index contributed by atoms with van der Waals surface area (Å²) in [5, 5.41) is 8.94. The molecule has 0 N–H and O–H groups in total. The van der Waals surface area contributed by atoms with Gasteiger partial charge in [-0.25, -0.2) is 0 Å². The van der Waals surface area contributed by atoms with Crippen LogP contribution in [0.15, 0.2) is 47.0 Å². The van der Waals surface area contributed by atoms with Crippen molar-refractivity contribution in [2.75, 3.05) is 13.2 Å². The van der Waals surface area contributed by atoms with Gasteiger partial charge in [-0.3, -0.25) is 9.69 Å². The first-order valence-corrected chi connectivity index (χ1v) is 7.29. The van der Waals surface area contributed by atoms with Crippen molar-refractivity contribution in [1.82, 2.24) is 4.90 Å². The number of hydrogen-bond acceptors (Lipinski definition) is 5. The van der Waals surface area contributed by atoms with Gasteiger partial charge in [0.15, 0.2) is 12.5 Å². The number of benzene rings is 1. The van der Waals surface area contributed by atoms with E-state index >= 15 is 0 Å². The van der Waals surface area contributed by atoms with E-state index in [-0.39, 0.29) is 6.02 Å². The second kappa shape index (κ2) is 10.1. The van der Waals surface area contributed by atoms with Crippen LogP contribution in [0.4, 0.5) is 0 Å². The van der Waals surface area contributed by atoms with E-state index in [2.05, 4.69) is 4.99 Å². The van der Waals surface area contributed by atoms with Crippen molar-refractivity contribution in [1.29, 1.82) is 5.26 Å². The van der Waals surface area contributed by atoms with Crippen molar-refractivity contribution in [2.45, 2.75) is 27.0 Å². The van der Waals surface area contributed by atoms with E-state index < -0.39 is 6.23 Å². The van der Waals surface area contributed by atoms with Crippen LogP contribution >= 0.6 is 0 Å². The lowest BCUT2D eigenvalue weighted by atomic mass is 10.3. The minimum Gasteiger partial charge on any atom is -0.425 e. The van der Waals surface area contributed by atoms with Gasteiger partial charge in [0.05, 0.1) is 0 Å². The summed E-state index contributed by atoms with van der Waals surface area (Å²) in [6, 6.07) is 8.95. The Balaban J connectivity index is 3.11. The third-order valence-corrected chi connectivity index (χ3v) is 2.80. The predicted molar refractivity (Wildman–Crippen MR) is 87.7 cm³/mol. The Labute approximate surface area is 136 Å². The number of ether oxygens (including phenoxy) is 2. The summed E-state index contributed by atoms with van der Waals surface area (Å²) in [4.78, 5) is 16.6. The third kappa shape index (κ3) is 6.32. The zero-order valence-corrected chi connectivity index (χ0v) is 13.6. The number of amidine groups is 1. The summed E-state index contributed by atoms with van der Waals surface area (Å²) in [5.41, 5.74) is 1.06. The summed E-state index contributed by atoms with van der Waals surface area (Å²) in [6.45, 7) is 6.34. The van der Waals surface area contributed by atoms with Crippen LogP contribution < -0.4 is 4.74 Å². The van der Waals surface area contributed by atoms with Gasteiger partial charge in [-0.1, -0.05) is 29.8 Å². The highest BCUT2D eigenvalue weighted by Gasteiger charge is 2.23. The maximum Gasteiger partial charge on any atom is 0.311 e. The molecular formula is C17H21N3O3. The lowest BCUT2D eigenvalue weighted by Gasteiger charge is -2.28. The number of para-hydroxylation sites is 1. The molecule has 0 aliphatic heterocycles. The van der Waals surface area contributed by atoms with Crippen LogP contribution in [0.3, 0.4) is 0 Å². The molecule has 1 aromatic rings. The Hall–Kier alpha value is -2.65. The van der Waals surface area contributed by atoms with Crippen molar-refractivity contribution in [2.24, 2.45) is 4.99 Å². The fourth-order valence-corrected chi connectivity index (χ4v) is 1.73. The molecule has 6 nitrogen and oxygen atoms in total. The highest BCUT2D eigenvalue weighted by Crippen LogP contribution is 2.12. The SMILES string of the molecule is CCOC(C=O)N(CC=C(C)C)C(=NC#N)Oc1ccccc1. The highest BCUT2D eigenvalue weighted by molar-refractivity contribution is 5.80. The number of aldehydes is 1. The lowest BCUT2D eigenvalue weighted by Crippen LogP contribution is -2.45. The molecule has 0 saturated carbocycles. The molecule has 0 bridgehead atoms. The molecule has 23 heavy (non-hydrogen) atoms. The molecule has 1 atom stereocenters. The maximum absolute atomic E-state index is 11.4. The number of carbonyl (C=O) groups is 1. The molecule has 0 aliphatic rings. The van der Waals surface area contributed by atoms with E-state index in [1.54, 1.807) is 37.4 Å². The first-order chi connectivity index (χ1) is 11.1. The molecular weight excluding hydrogens is 294 g/mol. The zero-order chi connectivity index (χ0) is 17.1. The number of carbonyl (C=O) groups excluding carboxylic acids is 1. The van der Waals surface area contributed by atoms with Crippen LogP contribution in [0, 0.1) is 11.5 Å².